The number of nitrogens with zero attached hydrogens (tertiary/aromatic N) is 2. The number of hydrogen-bond acceptors (Lipinski definition) is 3. The topological polar surface area (TPSA) is 19.6 Å². The molecule has 0 saturated carbocycles. The van der Waals surface area contributed by atoms with Gasteiger partial charge in [0.05, 0.1) is 11.9 Å². The normalized spacial score (nSPS) is 29.7. The third kappa shape index (κ3) is 1.76. The molecule has 6 rings (SSSR count). The van der Waals surface area contributed by atoms with E-state index in [1.807, 2.05) is 0 Å². The molecule has 3 aromatic rings. The van der Waals surface area contributed by atoms with E-state index < -0.39 is 0 Å². The highest BCUT2D eigenvalue weighted by Gasteiger charge is 2.47. The molecule has 1 unspecified atom stereocenters. The monoisotopic (exact) mass is 320 g/mol. The molecule has 2 aromatic carbocycles. The molecule has 3 aliphatic heterocycles. The summed E-state index contributed by atoms with van der Waals surface area (Å²) in [6, 6.07) is 12.9. The average Bonchev–Trinajstić information content (AvgIpc) is 2.95. The van der Waals surface area contributed by atoms with Crippen molar-refractivity contribution in [2.75, 3.05) is 18.0 Å². The van der Waals surface area contributed by atoms with E-state index in [0.717, 1.165) is 11.2 Å². The number of benzene rings is 2. The van der Waals surface area contributed by atoms with Crippen LogP contribution in [-0.4, -0.2) is 29.7 Å². The molecule has 3 saturated heterocycles. The van der Waals surface area contributed by atoms with Gasteiger partial charge in [0.2, 0.25) is 0 Å². The summed E-state index contributed by atoms with van der Waals surface area (Å²) in [7, 11) is 0. The Morgan fingerprint density at radius 3 is 2.54 bits per heavy atom. The molecular formula is C21H24N2O. The molecule has 1 atom stereocenters. The van der Waals surface area contributed by atoms with E-state index >= 15 is 0 Å². The lowest BCUT2D eigenvalue weighted by Crippen LogP contribution is -2.68. The number of hydrogen-bond donors (Lipinski definition) is 0. The van der Waals surface area contributed by atoms with E-state index in [4.69, 9.17) is 4.42 Å². The number of furan rings is 1. The van der Waals surface area contributed by atoms with Crippen LogP contribution in [0.3, 0.4) is 0 Å². The van der Waals surface area contributed by atoms with Crippen molar-refractivity contribution in [2.24, 2.45) is 0 Å². The molecular weight excluding hydrogens is 296 g/mol. The Morgan fingerprint density at radius 2 is 1.79 bits per heavy atom. The maximum atomic E-state index is 6.36. The summed E-state index contributed by atoms with van der Waals surface area (Å²) in [6.07, 6.45) is 2.89. The minimum atomic E-state index is 0.228. The predicted octanol–water partition coefficient (Wildman–Crippen LogP) is 4.91. The molecule has 3 nitrogen and oxygen atoms in total. The third-order valence-electron chi connectivity index (χ3n) is 6.32. The predicted molar refractivity (Wildman–Crippen MR) is 99.6 cm³/mol. The number of para-hydroxylation sites is 1. The maximum absolute atomic E-state index is 6.36. The lowest BCUT2D eigenvalue weighted by molar-refractivity contribution is 0.0487. The van der Waals surface area contributed by atoms with Crippen molar-refractivity contribution in [2.45, 2.75) is 45.3 Å². The molecule has 1 aromatic heterocycles. The van der Waals surface area contributed by atoms with E-state index in [0.29, 0.717) is 6.17 Å². The summed E-state index contributed by atoms with van der Waals surface area (Å²) in [5, 5.41) is 2.45. The van der Waals surface area contributed by atoms with Crippen LogP contribution in [-0.2, 0) is 0 Å². The van der Waals surface area contributed by atoms with Gasteiger partial charge in [0.1, 0.15) is 5.58 Å². The van der Waals surface area contributed by atoms with Crippen LogP contribution in [0.4, 0.5) is 5.69 Å². The standard InChI is InChI=1S/C21H24N2O/c1-14-8-9-17-16-6-4-5-7-18(16)24-20(17)19(14)23-15(2)22-12-10-21(23,3)11-13-22/h4-9,15H,10-13H2,1-3H3. The average molecular weight is 320 g/mol. The van der Waals surface area contributed by atoms with Gasteiger partial charge in [-0.05, 0) is 45.2 Å². The van der Waals surface area contributed by atoms with Gasteiger partial charge in [-0.15, -0.1) is 0 Å². The van der Waals surface area contributed by atoms with Crippen LogP contribution in [0.25, 0.3) is 21.9 Å². The first-order valence-corrected chi connectivity index (χ1v) is 9.03. The van der Waals surface area contributed by atoms with Crippen LogP contribution in [0, 0.1) is 6.92 Å². The Hall–Kier alpha value is -2.00. The van der Waals surface area contributed by atoms with Crippen molar-refractivity contribution < 1.29 is 4.42 Å². The van der Waals surface area contributed by atoms with Crippen LogP contribution in [0.1, 0.15) is 32.3 Å². The van der Waals surface area contributed by atoms with Crippen LogP contribution < -0.4 is 4.90 Å². The van der Waals surface area contributed by atoms with Crippen molar-refractivity contribution >= 4 is 27.6 Å². The second kappa shape index (κ2) is 4.76. The first-order valence-electron chi connectivity index (χ1n) is 9.03. The number of piperidine rings is 1. The number of anilines is 1. The molecule has 3 fully saturated rings. The Kier molecular flexibility index (Phi) is 2.85. The zero-order valence-corrected chi connectivity index (χ0v) is 14.7. The summed E-state index contributed by atoms with van der Waals surface area (Å²) in [5.41, 5.74) is 4.87. The maximum Gasteiger partial charge on any atom is 0.159 e. The first kappa shape index (κ1) is 14.4. The van der Waals surface area contributed by atoms with Gasteiger partial charge in [-0.3, -0.25) is 4.90 Å². The van der Waals surface area contributed by atoms with Crippen LogP contribution in [0.15, 0.2) is 40.8 Å². The molecule has 0 aliphatic carbocycles. The van der Waals surface area contributed by atoms with Crippen molar-refractivity contribution in [3.8, 4) is 0 Å². The minimum Gasteiger partial charge on any atom is -0.454 e. The van der Waals surface area contributed by atoms with Gasteiger partial charge >= 0.3 is 0 Å². The molecule has 0 N–H and O–H groups in total. The first-order chi connectivity index (χ1) is 11.6. The van der Waals surface area contributed by atoms with E-state index in [1.165, 1.54) is 48.0 Å². The van der Waals surface area contributed by atoms with E-state index in [9.17, 15) is 0 Å². The Balaban J connectivity index is 1.81. The molecule has 0 spiro atoms. The SMILES string of the molecule is Cc1ccc2c(oc3ccccc32)c1N1C(C)N2CCC1(C)CC2. The zero-order chi connectivity index (χ0) is 16.5. The van der Waals surface area contributed by atoms with E-state index in [1.54, 1.807) is 0 Å². The van der Waals surface area contributed by atoms with E-state index in [2.05, 4.69) is 67.0 Å². The molecule has 24 heavy (non-hydrogen) atoms. The van der Waals surface area contributed by atoms with Gasteiger partial charge in [-0.1, -0.05) is 30.3 Å². The summed E-state index contributed by atoms with van der Waals surface area (Å²) in [4.78, 5) is 5.24. The number of aryl methyl sites for hydroxylation is 1. The van der Waals surface area contributed by atoms with Gasteiger partial charge in [-0.25, -0.2) is 0 Å². The smallest absolute Gasteiger partial charge is 0.159 e. The molecule has 4 heterocycles. The third-order valence-corrected chi connectivity index (χ3v) is 6.32. The molecule has 0 amide bonds. The Bertz CT molecular complexity index is 934. The Labute approximate surface area is 142 Å². The van der Waals surface area contributed by atoms with Crippen LogP contribution in [0.5, 0.6) is 0 Å². The second-order valence-electron chi connectivity index (χ2n) is 7.74. The fraction of sp³-hybridized carbons (Fsp3) is 0.429. The number of fused-ring (bicyclic) bond motifs is 6. The van der Waals surface area contributed by atoms with Gasteiger partial charge in [0.15, 0.2) is 5.58 Å². The van der Waals surface area contributed by atoms with Crippen LogP contribution in [0.2, 0.25) is 0 Å². The second-order valence-corrected chi connectivity index (χ2v) is 7.74. The summed E-state index contributed by atoms with van der Waals surface area (Å²) in [5.74, 6) is 0. The highest BCUT2D eigenvalue weighted by molar-refractivity contribution is 6.09. The minimum absolute atomic E-state index is 0.228. The lowest BCUT2D eigenvalue weighted by atomic mass is 9.82. The van der Waals surface area contributed by atoms with Crippen molar-refractivity contribution in [1.82, 2.24) is 4.90 Å². The fourth-order valence-corrected chi connectivity index (χ4v) is 4.86. The summed E-state index contributed by atoms with van der Waals surface area (Å²) < 4.78 is 6.36. The fourth-order valence-electron chi connectivity index (χ4n) is 4.86. The van der Waals surface area contributed by atoms with Crippen LogP contribution >= 0.6 is 0 Å². The van der Waals surface area contributed by atoms with E-state index in [-0.39, 0.29) is 5.54 Å². The van der Waals surface area contributed by atoms with Crippen molar-refractivity contribution in [3.05, 3.63) is 42.0 Å². The molecule has 124 valence electrons. The van der Waals surface area contributed by atoms with Crippen molar-refractivity contribution in [3.63, 3.8) is 0 Å². The molecule has 3 aliphatic rings. The summed E-state index contributed by atoms with van der Waals surface area (Å²) in [6.45, 7) is 9.42. The number of rotatable bonds is 1. The van der Waals surface area contributed by atoms with Gasteiger partial charge < -0.3 is 9.32 Å². The molecule has 3 heteroatoms. The quantitative estimate of drug-likeness (QED) is 0.635. The largest absolute Gasteiger partial charge is 0.454 e. The van der Waals surface area contributed by atoms with Crippen molar-refractivity contribution in [1.29, 1.82) is 0 Å². The molecule has 0 radical (unpaired) electrons. The highest BCUT2D eigenvalue weighted by Crippen LogP contribution is 2.46. The van der Waals surface area contributed by atoms with Gasteiger partial charge in [0.25, 0.3) is 0 Å². The lowest BCUT2D eigenvalue weighted by Gasteiger charge is -2.59. The Morgan fingerprint density at radius 1 is 1.04 bits per heavy atom. The summed E-state index contributed by atoms with van der Waals surface area (Å²) >= 11 is 0. The van der Waals surface area contributed by atoms with Gasteiger partial charge in [0, 0.05) is 29.4 Å². The highest BCUT2D eigenvalue weighted by atomic mass is 16.3. The zero-order valence-electron chi connectivity index (χ0n) is 14.7. The van der Waals surface area contributed by atoms with Gasteiger partial charge in [-0.2, -0.15) is 0 Å². The molecule has 2 bridgehead atoms.